The number of amides is 1. The third-order valence-electron chi connectivity index (χ3n) is 5.48. The summed E-state index contributed by atoms with van der Waals surface area (Å²) in [4.78, 5) is 16.3. The Labute approximate surface area is 199 Å². The summed E-state index contributed by atoms with van der Waals surface area (Å²) in [6.07, 6.45) is -2.91. The Morgan fingerprint density at radius 3 is 2.60 bits per heavy atom. The second-order valence-corrected chi connectivity index (χ2v) is 7.98. The van der Waals surface area contributed by atoms with Crippen molar-refractivity contribution >= 4 is 22.5 Å². The standard InChI is InChI=1S/C26H21F3N4O2/c27-26(28,29)35-24-9-8-17(16-4-3-5-19(31)12-16)14-22(24)25(34)33-20(10-11-30)13-18-15-32-23-7-2-1-6-21(18)23/h1-9,12,14-15,20,32H,10,13,31H2,(H,33,34). The molecule has 35 heavy (non-hydrogen) atoms. The van der Waals surface area contributed by atoms with Crippen LogP contribution < -0.4 is 15.8 Å². The molecule has 0 aliphatic rings. The summed E-state index contributed by atoms with van der Waals surface area (Å²) in [6.45, 7) is 0. The molecule has 0 aliphatic carbocycles. The topological polar surface area (TPSA) is 104 Å². The van der Waals surface area contributed by atoms with Gasteiger partial charge in [0.15, 0.2) is 0 Å². The maximum Gasteiger partial charge on any atom is 0.573 e. The van der Waals surface area contributed by atoms with Gasteiger partial charge in [-0.15, -0.1) is 13.2 Å². The minimum absolute atomic E-state index is 0.0321. The third-order valence-corrected chi connectivity index (χ3v) is 5.48. The molecule has 1 atom stereocenters. The highest BCUT2D eigenvalue weighted by molar-refractivity contribution is 5.98. The number of H-pyrrole nitrogens is 1. The number of ether oxygens (including phenoxy) is 1. The van der Waals surface area contributed by atoms with Gasteiger partial charge in [0.1, 0.15) is 5.75 Å². The largest absolute Gasteiger partial charge is 0.573 e. The summed E-state index contributed by atoms with van der Waals surface area (Å²) < 4.78 is 43.2. The van der Waals surface area contributed by atoms with E-state index in [-0.39, 0.29) is 12.0 Å². The molecule has 4 rings (SSSR count). The highest BCUT2D eigenvalue weighted by Crippen LogP contribution is 2.31. The summed E-state index contributed by atoms with van der Waals surface area (Å²) in [5.41, 5.74) is 8.89. The van der Waals surface area contributed by atoms with Crippen molar-refractivity contribution < 1.29 is 22.7 Å². The van der Waals surface area contributed by atoms with Gasteiger partial charge >= 0.3 is 6.36 Å². The number of hydrogen-bond donors (Lipinski definition) is 3. The van der Waals surface area contributed by atoms with E-state index in [1.54, 1.807) is 30.5 Å². The van der Waals surface area contributed by atoms with Gasteiger partial charge in [-0.1, -0.05) is 36.4 Å². The molecule has 0 spiro atoms. The van der Waals surface area contributed by atoms with Crippen molar-refractivity contribution in [3.8, 4) is 22.9 Å². The van der Waals surface area contributed by atoms with E-state index in [0.29, 0.717) is 23.2 Å². The zero-order valence-corrected chi connectivity index (χ0v) is 18.4. The number of hydrogen-bond acceptors (Lipinski definition) is 4. The zero-order valence-electron chi connectivity index (χ0n) is 18.4. The number of nitrogen functional groups attached to an aromatic ring is 1. The first-order valence-electron chi connectivity index (χ1n) is 10.7. The van der Waals surface area contributed by atoms with E-state index in [9.17, 15) is 23.2 Å². The second kappa shape index (κ2) is 9.81. The molecule has 1 heterocycles. The molecule has 4 aromatic rings. The fourth-order valence-electron chi connectivity index (χ4n) is 3.93. The van der Waals surface area contributed by atoms with Crippen molar-refractivity contribution in [2.75, 3.05) is 5.73 Å². The average molecular weight is 478 g/mol. The molecule has 0 saturated carbocycles. The maximum atomic E-state index is 13.2. The third kappa shape index (κ3) is 5.73. The first-order chi connectivity index (χ1) is 16.7. The molecule has 0 bridgehead atoms. The van der Waals surface area contributed by atoms with Crippen molar-refractivity contribution in [2.24, 2.45) is 0 Å². The van der Waals surface area contributed by atoms with Crippen molar-refractivity contribution in [1.29, 1.82) is 5.26 Å². The van der Waals surface area contributed by atoms with Crippen LogP contribution in [0.25, 0.3) is 22.0 Å². The Kier molecular flexibility index (Phi) is 6.64. The number of carbonyl (C=O) groups excluding carboxylic acids is 1. The molecule has 3 aromatic carbocycles. The molecule has 178 valence electrons. The summed E-state index contributed by atoms with van der Waals surface area (Å²) in [5.74, 6) is -1.42. The molecule has 9 heteroatoms. The number of aromatic nitrogens is 1. The van der Waals surface area contributed by atoms with E-state index >= 15 is 0 Å². The van der Waals surface area contributed by atoms with E-state index in [2.05, 4.69) is 15.0 Å². The number of aromatic amines is 1. The van der Waals surface area contributed by atoms with Crippen LogP contribution in [0.2, 0.25) is 0 Å². The van der Waals surface area contributed by atoms with Gasteiger partial charge in [0.2, 0.25) is 0 Å². The maximum absolute atomic E-state index is 13.2. The van der Waals surface area contributed by atoms with Crippen LogP contribution in [-0.2, 0) is 6.42 Å². The normalized spacial score (nSPS) is 12.2. The molecular weight excluding hydrogens is 457 g/mol. The number of nitriles is 1. The lowest BCUT2D eigenvalue weighted by molar-refractivity contribution is -0.274. The fraction of sp³-hybridized carbons (Fsp3) is 0.154. The van der Waals surface area contributed by atoms with Gasteiger partial charge in [-0.2, -0.15) is 5.26 Å². The van der Waals surface area contributed by atoms with Crippen LogP contribution >= 0.6 is 0 Å². The first-order valence-corrected chi connectivity index (χ1v) is 10.7. The number of carbonyl (C=O) groups is 1. The van der Waals surface area contributed by atoms with Gasteiger partial charge in [-0.05, 0) is 53.4 Å². The second-order valence-electron chi connectivity index (χ2n) is 7.98. The quantitative estimate of drug-likeness (QED) is 0.302. The summed E-state index contributed by atoms with van der Waals surface area (Å²) >= 11 is 0. The van der Waals surface area contributed by atoms with Crippen LogP contribution in [0.3, 0.4) is 0 Å². The zero-order chi connectivity index (χ0) is 25.0. The number of nitrogens with one attached hydrogen (secondary N) is 2. The van der Waals surface area contributed by atoms with Crippen LogP contribution in [0.4, 0.5) is 18.9 Å². The molecule has 0 saturated heterocycles. The molecule has 1 aromatic heterocycles. The Bertz CT molecular complexity index is 1410. The number of anilines is 1. The highest BCUT2D eigenvalue weighted by Gasteiger charge is 2.33. The molecule has 0 fully saturated rings. The minimum atomic E-state index is -4.98. The SMILES string of the molecule is N#CCC(Cc1c[nH]c2ccccc12)NC(=O)c1cc(-c2cccc(N)c2)ccc1OC(F)(F)F. The molecule has 1 amide bonds. The summed E-state index contributed by atoms with van der Waals surface area (Å²) in [5, 5.41) is 12.9. The highest BCUT2D eigenvalue weighted by atomic mass is 19.4. The Balaban J connectivity index is 1.65. The van der Waals surface area contributed by atoms with E-state index < -0.39 is 24.1 Å². The smallest absolute Gasteiger partial charge is 0.405 e. The van der Waals surface area contributed by atoms with E-state index in [1.165, 1.54) is 12.1 Å². The van der Waals surface area contributed by atoms with Crippen LogP contribution in [0, 0.1) is 11.3 Å². The number of benzene rings is 3. The van der Waals surface area contributed by atoms with Crippen LogP contribution in [0.5, 0.6) is 5.75 Å². The van der Waals surface area contributed by atoms with Crippen LogP contribution in [-0.4, -0.2) is 23.3 Å². The van der Waals surface area contributed by atoms with Gasteiger partial charge in [-0.3, -0.25) is 4.79 Å². The van der Waals surface area contributed by atoms with Crippen LogP contribution in [0.1, 0.15) is 22.3 Å². The molecule has 1 unspecified atom stereocenters. The van der Waals surface area contributed by atoms with Gasteiger partial charge in [-0.25, -0.2) is 0 Å². The number of para-hydroxylation sites is 1. The number of alkyl halides is 3. The number of fused-ring (bicyclic) bond motifs is 1. The molecule has 0 radical (unpaired) electrons. The van der Waals surface area contributed by atoms with Gasteiger partial charge in [0.05, 0.1) is 18.1 Å². The molecular formula is C26H21F3N4O2. The number of nitrogens with zero attached hydrogens (tertiary/aromatic N) is 1. The van der Waals surface area contributed by atoms with E-state index in [4.69, 9.17) is 5.73 Å². The van der Waals surface area contributed by atoms with Gasteiger partial charge < -0.3 is 20.8 Å². The van der Waals surface area contributed by atoms with Crippen molar-refractivity contribution in [1.82, 2.24) is 10.3 Å². The molecule has 4 N–H and O–H groups in total. The Hall–Kier alpha value is -4.45. The van der Waals surface area contributed by atoms with Gasteiger partial charge in [0.25, 0.3) is 5.91 Å². The lowest BCUT2D eigenvalue weighted by Gasteiger charge is -2.19. The summed E-state index contributed by atoms with van der Waals surface area (Å²) in [7, 11) is 0. The summed E-state index contributed by atoms with van der Waals surface area (Å²) in [6, 6.07) is 19.6. The number of rotatable bonds is 7. The van der Waals surface area contributed by atoms with Crippen molar-refractivity contribution in [3.63, 3.8) is 0 Å². The van der Waals surface area contributed by atoms with Crippen molar-refractivity contribution in [2.45, 2.75) is 25.2 Å². The number of nitrogens with two attached hydrogens (primary N) is 1. The minimum Gasteiger partial charge on any atom is -0.405 e. The predicted octanol–water partition coefficient (Wildman–Crippen LogP) is 5.57. The Morgan fingerprint density at radius 2 is 1.86 bits per heavy atom. The average Bonchev–Trinajstić information content (AvgIpc) is 3.21. The van der Waals surface area contributed by atoms with E-state index in [1.807, 2.05) is 30.3 Å². The molecule has 6 nitrogen and oxygen atoms in total. The predicted molar refractivity (Wildman–Crippen MR) is 126 cm³/mol. The Morgan fingerprint density at radius 1 is 1.09 bits per heavy atom. The van der Waals surface area contributed by atoms with Gasteiger partial charge in [0, 0.05) is 28.8 Å². The number of halogens is 3. The monoisotopic (exact) mass is 478 g/mol. The molecule has 0 aliphatic heterocycles. The first kappa shape index (κ1) is 23.7. The lowest BCUT2D eigenvalue weighted by atomic mass is 10.00. The van der Waals surface area contributed by atoms with Crippen molar-refractivity contribution in [3.05, 3.63) is 84.1 Å². The van der Waals surface area contributed by atoms with Crippen LogP contribution in [0.15, 0.2) is 72.9 Å². The van der Waals surface area contributed by atoms with E-state index in [0.717, 1.165) is 22.5 Å². The lowest BCUT2D eigenvalue weighted by Crippen LogP contribution is -2.36. The fourth-order valence-corrected chi connectivity index (χ4v) is 3.93.